The lowest BCUT2D eigenvalue weighted by molar-refractivity contribution is 0.230. The second-order valence-corrected chi connectivity index (χ2v) is 6.35. The molecule has 1 unspecified atom stereocenters. The van der Waals surface area contributed by atoms with Crippen LogP contribution in [0.1, 0.15) is 43.9 Å². The molecule has 0 aliphatic carbocycles. The molecule has 4 heteroatoms. The second kappa shape index (κ2) is 5.70. The summed E-state index contributed by atoms with van der Waals surface area (Å²) in [6.07, 6.45) is 2.65. The smallest absolute Gasteiger partial charge is 0.129 e. The van der Waals surface area contributed by atoms with Crippen LogP contribution in [0.5, 0.6) is 0 Å². The molecular weight excluding hydrogens is 250 g/mol. The fourth-order valence-corrected chi connectivity index (χ4v) is 3.34. The lowest BCUT2D eigenvalue weighted by Crippen LogP contribution is -2.50. The highest BCUT2D eigenvalue weighted by molar-refractivity contribution is 5.44. The number of anilines is 1. The summed E-state index contributed by atoms with van der Waals surface area (Å²) in [4.78, 5) is 9.82. The van der Waals surface area contributed by atoms with Crippen LogP contribution in [0, 0.1) is 0 Å². The first-order valence-corrected chi connectivity index (χ1v) is 7.78. The van der Waals surface area contributed by atoms with Crippen LogP contribution in [0.25, 0.3) is 0 Å². The Morgan fingerprint density at radius 3 is 2.90 bits per heavy atom. The number of nitrogens with zero attached hydrogens (tertiary/aromatic N) is 3. The van der Waals surface area contributed by atoms with Gasteiger partial charge in [-0.3, -0.25) is 4.90 Å². The number of hydrogen-bond acceptors (Lipinski definition) is 4. The zero-order valence-electron chi connectivity index (χ0n) is 12.5. The second-order valence-electron chi connectivity index (χ2n) is 6.35. The number of rotatable bonds is 3. The molecule has 20 heavy (non-hydrogen) atoms. The van der Waals surface area contributed by atoms with Crippen molar-refractivity contribution in [3.63, 3.8) is 0 Å². The fourth-order valence-electron chi connectivity index (χ4n) is 3.34. The SMILES string of the molecule is CC(C)c1cc(CO)cc(N2CCN3CCCC3C2)n1. The molecule has 110 valence electrons. The predicted octanol–water partition coefficient (Wildman–Crippen LogP) is 1.98. The van der Waals surface area contributed by atoms with E-state index in [1.54, 1.807) is 0 Å². The summed E-state index contributed by atoms with van der Waals surface area (Å²) in [5.74, 6) is 1.44. The zero-order chi connectivity index (χ0) is 14.1. The molecule has 2 fully saturated rings. The summed E-state index contributed by atoms with van der Waals surface area (Å²) in [5.41, 5.74) is 2.06. The van der Waals surface area contributed by atoms with E-state index < -0.39 is 0 Å². The number of aliphatic hydroxyl groups is 1. The standard InChI is InChI=1S/C16H25N3O/c1-12(2)15-8-13(11-20)9-16(17-15)19-7-6-18-5-3-4-14(18)10-19/h8-9,12,14,20H,3-7,10-11H2,1-2H3. The Kier molecular flexibility index (Phi) is 3.94. The molecule has 1 aromatic rings. The first kappa shape index (κ1) is 13.8. The molecule has 0 amide bonds. The summed E-state index contributed by atoms with van der Waals surface area (Å²) in [5, 5.41) is 9.46. The molecule has 0 radical (unpaired) electrons. The van der Waals surface area contributed by atoms with Gasteiger partial charge in [0, 0.05) is 31.4 Å². The van der Waals surface area contributed by atoms with E-state index in [9.17, 15) is 5.11 Å². The largest absolute Gasteiger partial charge is 0.392 e. The van der Waals surface area contributed by atoms with Crippen LogP contribution >= 0.6 is 0 Å². The van der Waals surface area contributed by atoms with Gasteiger partial charge >= 0.3 is 0 Å². The molecule has 2 aliphatic rings. The van der Waals surface area contributed by atoms with Gasteiger partial charge in [0.15, 0.2) is 0 Å². The third-order valence-electron chi connectivity index (χ3n) is 4.58. The lowest BCUT2D eigenvalue weighted by atomic mass is 10.1. The Morgan fingerprint density at radius 2 is 2.15 bits per heavy atom. The molecule has 1 atom stereocenters. The monoisotopic (exact) mass is 275 g/mol. The van der Waals surface area contributed by atoms with Crippen molar-refractivity contribution in [3.8, 4) is 0 Å². The predicted molar refractivity (Wildman–Crippen MR) is 81.1 cm³/mol. The lowest BCUT2D eigenvalue weighted by Gasteiger charge is -2.38. The molecule has 1 aromatic heterocycles. The average molecular weight is 275 g/mol. The third-order valence-corrected chi connectivity index (χ3v) is 4.58. The van der Waals surface area contributed by atoms with Crippen molar-refractivity contribution in [2.24, 2.45) is 0 Å². The van der Waals surface area contributed by atoms with Gasteiger partial charge in [-0.25, -0.2) is 4.98 Å². The maximum atomic E-state index is 9.46. The summed E-state index contributed by atoms with van der Waals surface area (Å²) in [7, 11) is 0. The Bertz CT molecular complexity index is 475. The third kappa shape index (κ3) is 2.67. The number of aliphatic hydroxyl groups excluding tert-OH is 1. The Morgan fingerprint density at radius 1 is 1.30 bits per heavy atom. The Labute approximate surface area is 121 Å². The van der Waals surface area contributed by atoms with E-state index in [4.69, 9.17) is 4.98 Å². The minimum Gasteiger partial charge on any atom is -0.392 e. The van der Waals surface area contributed by atoms with Gasteiger partial charge in [-0.1, -0.05) is 13.8 Å². The first-order chi connectivity index (χ1) is 9.67. The molecule has 3 heterocycles. The van der Waals surface area contributed by atoms with E-state index in [0.29, 0.717) is 12.0 Å². The van der Waals surface area contributed by atoms with Crippen molar-refractivity contribution < 1.29 is 5.11 Å². The van der Waals surface area contributed by atoms with Gasteiger partial charge in [-0.2, -0.15) is 0 Å². The zero-order valence-corrected chi connectivity index (χ0v) is 12.5. The van der Waals surface area contributed by atoms with Gasteiger partial charge in [0.05, 0.1) is 6.61 Å². The molecule has 2 aliphatic heterocycles. The van der Waals surface area contributed by atoms with Gasteiger partial charge in [0.2, 0.25) is 0 Å². The van der Waals surface area contributed by atoms with E-state index in [1.165, 1.54) is 19.4 Å². The van der Waals surface area contributed by atoms with E-state index in [-0.39, 0.29) is 6.61 Å². The summed E-state index contributed by atoms with van der Waals surface area (Å²) in [6, 6.07) is 4.78. The van der Waals surface area contributed by atoms with Crippen LogP contribution in [-0.2, 0) is 6.61 Å². The molecule has 1 N–H and O–H groups in total. The van der Waals surface area contributed by atoms with Gasteiger partial charge in [-0.15, -0.1) is 0 Å². The van der Waals surface area contributed by atoms with Crippen molar-refractivity contribution in [2.45, 2.75) is 45.3 Å². The van der Waals surface area contributed by atoms with Gasteiger partial charge in [0.25, 0.3) is 0 Å². The molecule has 4 nitrogen and oxygen atoms in total. The highest BCUT2D eigenvalue weighted by atomic mass is 16.3. The minimum absolute atomic E-state index is 0.0959. The van der Waals surface area contributed by atoms with E-state index in [0.717, 1.165) is 36.7 Å². The molecule has 0 aromatic carbocycles. The van der Waals surface area contributed by atoms with Crippen LogP contribution < -0.4 is 4.90 Å². The van der Waals surface area contributed by atoms with Gasteiger partial charge < -0.3 is 10.0 Å². The van der Waals surface area contributed by atoms with Crippen molar-refractivity contribution >= 4 is 5.82 Å². The van der Waals surface area contributed by atoms with Crippen molar-refractivity contribution in [2.75, 3.05) is 31.1 Å². The number of hydrogen-bond donors (Lipinski definition) is 1. The highest BCUT2D eigenvalue weighted by Gasteiger charge is 2.31. The summed E-state index contributed by atoms with van der Waals surface area (Å²) < 4.78 is 0. The Balaban J connectivity index is 1.83. The first-order valence-electron chi connectivity index (χ1n) is 7.78. The van der Waals surface area contributed by atoms with Gasteiger partial charge in [-0.05, 0) is 43.0 Å². The van der Waals surface area contributed by atoms with E-state index in [2.05, 4.69) is 29.7 Å². The average Bonchev–Trinajstić information content (AvgIpc) is 2.94. The topological polar surface area (TPSA) is 39.6 Å². The normalized spacial score (nSPS) is 23.4. The number of pyridine rings is 1. The number of piperazine rings is 1. The van der Waals surface area contributed by atoms with Crippen LogP contribution in [-0.4, -0.2) is 47.2 Å². The maximum Gasteiger partial charge on any atom is 0.129 e. The van der Waals surface area contributed by atoms with Gasteiger partial charge in [0.1, 0.15) is 5.82 Å². The molecule has 0 spiro atoms. The quantitative estimate of drug-likeness (QED) is 0.915. The minimum atomic E-state index is 0.0959. The van der Waals surface area contributed by atoms with Crippen LogP contribution in [0.4, 0.5) is 5.82 Å². The van der Waals surface area contributed by atoms with Crippen molar-refractivity contribution in [3.05, 3.63) is 23.4 Å². The van der Waals surface area contributed by atoms with E-state index in [1.807, 2.05) is 6.07 Å². The number of fused-ring (bicyclic) bond motifs is 1. The molecule has 0 bridgehead atoms. The van der Waals surface area contributed by atoms with E-state index >= 15 is 0 Å². The maximum absolute atomic E-state index is 9.46. The van der Waals surface area contributed by atoms with Crippen molar-refractivity contribution in [1.29, 1.82) is 0 Å². The number of aromatic nitrogens is 1. The van der Waals surface area contributed by atoms with Crippen LogP contribution in [0.2, 0.25) is 0 Å². The fraction of sp³-hybridized carbons (Fsp3) is 0.688. The summed E-state index contributed by atoms with van der Waals surface area (Å²) in [6.45, 7) is 8.95. The Hall–Kier alpha value is -1.13. The molecule has 3 rings (SSSR count). The molecule has 0 saturated carbocycles. The molecule has 2 saturated heterocycles. The summed E-state index contributed by atoms with van der Waals surface area (Å²) >= 11 is 0. The van der Waals surface area contributed by atoms with Crippen molar-refractivity contribution in [1.82, 2.24) is 9.88 Å². The van der Waals surface area contributed by atoms with Crippen LogP contribution in [0.3, 0.4) is 0 Å². The molecular formula is C16H25N3O. The highest BCUT2D eigenvalue weighted by Crippen LogP contribution is 2.26. The van der Waals surface area contributed by atoms with Crippen LogP contribution in [0.15, 0.2) is 12.1 Å².